The minimum atomic E-state index is 0.576. The van der Waals surface area contributed by atoms with Gasteiger partial charge in [0.15, 0.2) is 0 Å². The first-order chi connectivity index (χ1) is 7.46. The standard InChI is InChI=1S/C14H28N2/c1-11-10-16(4)8-6-13(11)15-12-5-7-14(2,3)9-12/h11-13,15H,5-10H2,1-4H3. The lowest BCUT2D eigenvalue weighted by Crippen LogP contribution is -2.49. The average molecular weight is 224 g/mol. The molecule has 2 rings (SSSR count). The molecule has 0 aromatic heterocycles. The molecule has 94 valence electrons. The summed E-state index contributed by atoms with van der Waals surface area (Å²) in [7, 11) is 2.24. The molecule has 0 aromatic rings. The van der Waals surface area contributed by atoms with Gasteiger partial charge in [0.1, 0.15) is 0 Å². The van der Waals surface area contributed by atoms with Gasteiger partial charge in [-0.05, 0) is 50.6 Å². The molecule has 0 spiro atoms. The lowest BCUT2D eigenvalue weighted by Gasteiger charge is -2.37. The third-order valence-corrected chi connectivity index (χ3v) is 4.53. The summed E-state index contributed by atoms with van der Waals surface area (Å²) in [6.07, 6.45) is 5.47. The average Bonchev–Trinajstić information content (AvgIpc) is 2.51. The van der Waals surface area contributed by atoms with Crippen molar-refractivity contribution in [1.82, 2.24) is 10.2 Å². The Hall–Kier alpha value is -0.0800. The molecule has 1 aliphatic carbocycles. The number of rotatable bonds is 2. The van der Waals surface area contributed by atoms with Crippen molar-refractivity contribution in [3.8, 4) is 0 Å². The van der Waals surface area contributed by atoms with E-state index in [1.54, 1.807) is 0 Å². The molecular weight excluding hydrogens is 196 g/mol. The Labute approximate surface area is 101 Å². The monoisotopic (exact) mass is 224 g/mol. The first kappa shape index (κ1) is 12.4. The maximum Gasteiger partial charge on any atom is 0.0120 e. The van der Waals surface area contributed by atoms with Crippen LogP contribution in [-0.4, -0.2) is 37.1 Å². The SMILES string of the molecule is CC1CN(C)CCC1NC1CCC(C)(C)C1. The summed E-state index contributed by atoms with van der Waals surface area (Å²) < 4.78 is 0. The summed E-state index contributed by atoms with van der Waals surface area (Å²) in [5, 5.41) is 3.92. The van der Waals surface area contributed by atoms with E-state index < -0.39 is 0 Å². The van der Waals surface area contributed by atoms with Gasteiger partial charge in [-0.25, -0.2) is 0 Å². The fourth-order valence-electron chi connectivity index (χ4n) is 3.48. The summed E-state index contributed by atoms with van der Waals surface area (Å²) in [6, 6.07) is 1.54. The van der Waals surface area contributed by atoms with Crippen molar-refractivity contribution in [2.75, 3.05) is 20.1 Å². The third kappa shape index (κ3) is 2.98. The second-order valence-electron chi connectivity index (χ2n) is 6.91. The molecule has 0 radical (unpaired) electrons. The van der Waals surface area contributed by atoms with Gasteiger partial charge in [-0.15, -0.1) is 0 Å². The van der Waals surface area contributed by atoms with Gasteiger partial charge in [0.25, 0.3) is 0 Å². The van der Waals surface area contributed by atoms with Crippen LogP contribution in [-0.2, 0) is 0 Å². The summed E-state index contributed by atoms with van der Waals surface area (Å²) in [4.78, 5) is 2.46. The lowest BCUT2D eigenvalue weighted by molar-refractivity contribution is 0.164. The number of likely N-dealkylation sites (tertiary alicyclic amines) is 1. The number of nitrogens with zero attached hydrogens (tertiary/aromatic N) is 1. The molecule has 2 heteroatoms. The van der Waals surface area contributed by atoms with Gasteiger partial charge >= 0.3 is 0 Å². The fraction of sp³-hybridized carbons (Fsp3) is 1.00. The zero-order chi connectivity index (χ0) is 11.8. The van der Waals surface area contributed by atoms with Gasteiger partial charge < -0.3 is 10.2 Å². The Balaban J connectivity index is 1.82. The highest BCUT2D eigenvalue weighted by atomic mass is 15.1. The van der Waals surface area contributed by atoms with Crippen molar-refractivity contribution in [3.63, 3.8) is 0 Å². The fourth-order valence-corrected chi connectivity index (χ4v) is 3.48. The van der Waals surface area contributed by atoms with Gasteiger partial charge in [-0.2, -0.15) is 0 Å². The molecule has 2 nitrogen and oxygen atoms in total. The summed E-state index contributed by atoms with van der Waals surface area (Å²) >= 11 is 0. The molecule has 3 unspecified atom stereocenters. The first-order valence-corrected chi connectivity index (χ1v) is 6.91. The molecule has 1 saturated heterocycles. The molecule has 2 aliphatic rings. The largest absolute Gasteiger partial charge is 0.311 e. The van der Waals surface area contributed by atoms with Gasteiger partial charge in [-0.3, -0.25) is 0 Å². The topological polar surface area (TPSA) is 15.3 Å². The second-order valence-corrected chi connectivity index (χ2v) is 6.91. The van der Waals surface area contributed by atoms with Crippen molar-refractivity contribution in [3.05, 3.63) is 0 Å². The first-order valence-electron chi connectivity index (χ1n) is 6.91. The maximum atomic E-state index is 3.92. The second kappa shape index (κ2) is 4.66. The zero-order valence-corrected chi connectivity index (χ0v) is 11.4. The minimum Gasteiger partial charge on any atom is -0.311 e. The molecule has 16 heavy (non-hydrogen) atoms. The van der Waals surface area contributed by atoms with Crippen LogP contribution in [0.25, 0.3) is 0 Å². The van der Waals surface area contributed by atoms with Crippen LogP contribution in [0.5, 0.6) is 0 Å². The van der Waals surface area contributed by atoms with Crippen LogP contribution < -0.4 is 5.32 Å². The van der Waals surface area contributed by atoms with Gasteiger partial charge in [0.05, 0.1) is 0 Å². The lowest BCUT2D eigenvalue weighted by atomic mass is 9.90. The van der Waals surface area contributed by atoms with E-state index >= 15 is 0 Å². The van der Waals surface area contributed by atoms with Gasteiger partial charge in [-0.1, -0.05) is 20.8 Å². The molecule has 3 atom stereocenters. The van der Waals surface area contributed by atoms with Crippen molar-refractivity contribution in [1.29, 1.82) is 0 Å². The summed E-state index contributed by atoms with van der Waals surface area (Å²) in [6.45, 7) is 9.73. The maximum absolute atomic E-state index is 3.92. The Bertz CT molecular complexity index is 237. The Morgan fingerprint density at radius 2 is 2.00 bits per heavy atom. The molecule has 0 aromatic carbocycles. The van der Waals surface area contributed by atoms with Crippen molar-refractivity contribution in [2.24, 2.45) is 11.3 Å². The normalized spacial score (nSPS) is 40.1. The van der Waals surface area contributed by atoms with Crippen LogP contribution >= 0.6 is 0 Å². The smallest absolute Gasteiger partial charge is 0.0120 e. The van der Waals surface area contributed by atoms with E-state index in [9.17, 15) is 0 Å². The van der Waals surface area contributed by atoms with E-state index in [4.69, 9.17) is 0 Å². The highest BCUT2D eigenvalue weighted by molar-refractivity contribution is 4.91. The summed E-state index contributed by atoms with van der Waals surface area (Å²) in [5.41, 5.74) is 0.576. The number of hydrogen-bond acceptors (Lipinski definition) is 2. The predicted molar refractivity (Wildman–Crippen MR) is 69.6 cm³/mol. The van der Waals surface area contributed by atoms with Crippen LogP contribution in [0.4, 0.5) is 0 Å². The quantitative estimate of drug-likeness (QED) is 0.775. The van der Waals surface area contributed by atoms with E-state index in [2.05, 4.69) is 38.0 Å². The third-order valence-electron chi connectivity index (χ3n) is 4.53. The van der Waals surface area contributed by atoms with Crippen LogP contribution in [0.3, 0.4) is 0 Å². The van der Waals surface area contributed by atoms with Gasteiger partial charge in [0, 0.05) is 18.6 Å². The molecule has 0 amide bonds. The van der Waals surface area contributed by atoms with Crippen LogP contribution in [0.15, 0.2) is 0 Å². The Morgan fingerprint density at radius 1 is 1.25 bits per heavy atom. The van der Waals surface area contributed by atoms with E-state index in [1.165, 1.54) is 38.8 Å². The number of hydrogen-bond donors (Lipinski definition) is 1. The van der Waals surface area contributed by atoms with Crippen molar-refractivity contribution >= 4 is 0 Å². The van der Waals surface area contributed by atoms with E-state index in [0.717, 1.165) is 18.0 Å². The highest BCUT2D eigenvalue weighted by Crippen LogP contribution is 2.37. The highest BCUT2D eigenvalue weighted by Gasteiger charge is 2.33. The predicted octanol–water partition coefficient (Wildman–Crippen LogP) is 2.49. The van der Waals surface area contributed by atoms with E-state index in [-0.39, 0.29) is 0 Å². The molecule has 1 aliphatic heterocycles. The van der Waals surface area contributed by atoms with Crippen LogP contribution in [0.1, 0.15) is 46.5 Å². The van der Waals surface area contributed by atoms with E-state index in [0.29, 0.717) is 5.41 Å². The van der Waals surface area contributed by atoms with Gasteiger partial charge in [0.2, 0.25) is 0 Å². The molecule has 1 saturated carbocycles. The molecule has 1 heterocycles. The molecule has 2 fully saturated rings. The Kier molecular flexibility index (Phi) is 3.60. The number of piperidine rings is 1. The van der Waals surface area contributed by atoms with Crippen molar-refractivity contribution < 1.29 is 0 Å². The number of nitrogens with one attached hydrogen (secondary N) is 1. The van der Waals surface area contributed by atoms with Crippen LogP contribution in [0, 0.1) is 11.3 Å². The molecule has 0 bridgehead atoms. The molecule has 1 N–H and O–H groups in total. The van der Waals surface area contributed by atoms with Crippen molar-refractivity contribution in [2.45, 2.75) is 58.5 Å². The summed E-state index contributed by atoms with van der Waals surface area (Å²) in [5.74, 6) is 0.808. The zero-order valence-electron chi connectivity index (χ0n) is 11.4. The minimum absolute atomic E-state index is 0.576. The van der Waals surface area contributed by atoms with E-state index in [1.807, 2.05) is 0 Å². The molecular formula is C14H28N2. The van der Waals surface area contributed by atoms with Crippen LogP contribution in [0.2, 0.25) is 0 Å². The Morgan fingerprint density at radius 3 is 2.56 bits per heavy atom.